The first-order valence-corrected chi connectivity index (χ1v) is 6.59. The van der Waals surface area contributed by atoms with Crippen molar-refractivity contribution in [3.05, 3.63) is 0 Å². The number of nitrogens with one attached hydrogen (secondary N) is 2. The molecule has 0 aliphatic heterocycles. The minimum absolute atomic E-state index is 0. The predicted octanol–water partition coefficient (Wildman–Crippen LogP) is 1.52. The van der Waals surface area contributed by atoms with Crippen LogP contribution in [0.1, 0.15) is 20.3 Å². The molecule has 0 saturated carbocycles. The highest BCUT2D eigenvalue weighted by molar-refractivity contribution is 7.98. The fourth-order valence-electron chi connectivity index (χ4n) is 1.08. The van der Waals surface area contributed by atoms with E-state index in [-0.39, 0.29) is 24.2 Å². The summed E-state index contributed by atoms with van der Waals surface area (Å²) in [4.78, 5) is 11.4. The fraction of sp³-hybridized carbons (Fsp3) is 0.900. The molecular formula is C10H23ClN2OS. The smallest absolute Gasteiger partial charge is 0.223 e. The van der Waals surface area contributed by atoms with Gasteiger partial charge in [0.25, 0.3) is 0 Å². The third kappa shape index (κ3) is 10.4. The van der Waals surface area contributed by atoms with Crippen LogP contribution < -0.4 is 10.6 Å². The SMILES string of the molecule is CCCNCCNC(=O)C(C)CSC.Cl. The summed E-state index contributed by atoms with van der Waals surface area (Å²) in [7, 11) is 0. The van der Waals surface area contributed by atoms with Crippen LogP contribution in [0.25, 0.3) is 0 Å². The molecule has 0 rings (SSSR count). The lowest BCUT2D eigenvalue weighted by atomic mass is 10.2. The molecule has 1 unspecified atom stereocenters. The van der Waals surface area contributed by atoms with E-state index in [2.05, 4.69) is 17.6 Å². The summed E-state index contributed by atoms with van der Waals surface area (Å²) in [5.41, 5.74) is 0. The van der Waals surface area contributed by atoms with Crippen molar-refractivity contribution in [1.82, 2.24) is 10.6 Å². The van der Waals surface area contributed by atoms with Gasteiger partial charge in [-0.3, -0.25) is 4.79 Å². The monoisotopic (exact) mass is 254 g/mol. The summed E-state index contributed by atoms with van der Waals surface area (Å²) in [5.74, 6) is 1.18. The van der Waals surface area contributed by atoms with Gasteiger partial charge in [-0.2, -0.15) is 11.8 Å². The molecule has 0 spiro atoms. The summed E-state index contributed by atoms with van der Waals surface area (Å²) in [6.45, 7) is 6.72. The summed E-state index contributed by atoms with van der Waals surface area (Å²) in [6, 6.07) is 0. The fourth-order valence-corrected chi connectivity index (χ4v) is 1.73. The molecule has 1 atom stereocenters. The number of hydrogen-bond acceptors (Lipinski definition) is 3. The van der Waals surface area contributed by atoms with Crippen molar-refractivity contribution in [2.45, 2.75) is 20.3 Å². The Morgan fingerprint density at radius 2 is 2.00 bits per heavy atom. The Balaban J connectivity index is 0. The zero-order valence-corrected chi connectivity index (χ0v) is 11.5. The van der Waals surface area contributed by atoms with Crippen molar-refractivity contribution in [2.75, 3.05) is 31.6 Å². The van der Waals surface area contributed by atoms with Crippen molar-refractivity contribution >= 4 is 30.1 Å². The number of halogens is 1. The van der Waals surface area contributed by atoms with E-state index in [9.17, 15) is 4.79 Å². The number of carbonyl (C=O) groups is 1. The molecule has 92 valence electrons. The number of carbonyl (C=O) groups excluding carboxylic acids is 1. The Morgan fingerprint density at radius 3 is 2.53 bits per heavy atom. The standard InChI is InChI=1S/C10H22N2OS.ClH/c1-4-5-11-6-7-12-10(13)9(2)8-14-3;/h9,11H,4-8H2,1-3H3,(H,12,13);1H. The Bertz CT molecular complexity index is 158. The van der Waals surface area contributed by atoms with E-state index in [1.807, 2.05) is 13.2 Å². The van der Waals surface area contributed by atoms with Gasteiger partial charge in [0.05, 0.1) is 0 Å². The maximum absolute atomic E-state index is 11.4. The highest BCUT2D eigenvalue weighted by Gasteiger charge is 2.10. The maximum Gasteiger partial charge on any atom is 0.223 e. The van der Waals surface area contributed by atoms with Crippen LogP contribution in [0, 0.1) is 5.92 Å². The van der Waals surface area contributed by atoms with Crippen molar-refractivity contribution in [3.63, 3.8) is 0 Å². The topological polar surface area (TPSA) is 41.1 Å². The summed E-state index contributed by atoms with van der Waals surface area (Å²) >= 11 is 1.71. The van der Waals surface area contributed by atoms with Crippen LogP contribution >= 0.6 is 24.2 Å². The molecule has 0 aromatic carbocycles. The molecule has 0 fully saturated rings. The van der Waals surface area contributed by atoms with Crippen LogP contribution in [0.2, 0.25) is 0 Å². The molecule has 0 heterocycles. The molecular weight excluding hydrogens is 232 g/mol. The van der Waals surface area contributed by atoms with Gasteiger partial charge in [-0.1, -0.05) is 13.8 Å². The molecule has 5 heteroatoms. The van der Waals surface area contributed by atoms with E-state index >= 15 is 0 Å². The van der Waals surface area contributed by atoms with E-state index in [0.717, 1.165) is 31.8 Å². The second kappa shape index (κ2) is 12.1. The van der Waals surface area contributed by atoms with Gasteiger partial charge in [-0.25, -0.2) is 0 Å². The Kier molecular flexibility index (Phi) is 14.1. The maximum atomic E-state index is 11.4. The minimum atomic E-state index is 0. The molecule has 15 heavy (non-hydrogen) atoms. The number of hydrogen-bond donors (Lipinski definition) is 2. The van der Waals surface area contributed by atoms with Crippen molar-refractivity contribution < 1.29 is 4.79 Å². The van der Waals surface area contributed by atoms with Gasteiger partial charge < -0.3 is 10.6 Å². The lowest BCUT2D eigenvalue weighted by molar-refractivity contribution is -0.123. The zero-order valence-electron chi connectivity index (χ0n) is 9.84. The summed E-state index contributed by atoms with van der Waals surface area (Å²) in [5, 5.41) is 6.15. The molecule has 0 aromatic rings. The normalized spacial score (nSPS) is 11.7. The zero-order chi connectivity index (χ0) is 10.8. The van der Waals surface area contributed by atoms with Crippen LogP contribution in [0.3, 0.4) is 0 Å². The van der Waals surface area contributed by atoms with Gasteiger partial charge in [0.15, 0.2) is 0 Å². The Labute approximate surface area is 104 Å². The highest BCUT2D eigenvalue weighted by Crippen LogP contribution is 2.03. The van der Waals surface area contributed by atoms with Gasteiger partial charge in [-0.15, -0.1) is 12.4 Å². The van der Waals surface area contributed by atoms with Gasteiger partial charge in [-0.05, 0) is 19.2 Å². The van der Waals surface area contributed by atoms with Crippen LogP contribution in [0.4, 0.5) is 0 Å². The predicted molar refractivity (Wildman–Crippen MR) is 71.0 cm³/mol. The van der Waals surface area contributed by atoms with E-state index in [1.54, 1.807) is 11.8 Å². The van der Waals surface area contributed by atoms with Crippen LogP contribution in [-0.4, -0.2) is 37.6 Å². The van der Waals surface area contributed by atoms with Gasteiger partial charge in [0.2, 0.25) is 5.91 Å². The average Bonchev–Trinajstić information content (AvgIpc) is 2.17. The quantitative estimate of drug-likeness (QED) is 0.646. The van der Waals surface area contributed by atoms with E-state index < -0.39 is 0 Å². The molecule has 1 amide bonds. The van der Waals surface area contributed by atoms with Gasteiger partial charge in [0.1, 0.15) is 0 Å². The van der Waals surface area contributed by atoms with Crippen molar-refractivity contribution in [3.8, 4) is 0 Å². The molecule has 0 radical (unpaired) electrons. The third-order valence-electron chi connectivity index (χ3n) is 1.89. The molecule has 0 bridgehead atoms. The van der Waals surface area contributed by atoms with E-state index in [1.165, 1.54) is 0 Å². The van der Waals surface area contributed by atoms with Gasteiger partial charge in [0, 0.05) is 24.8 Å². The Hall–Kier alpha value is 0.0700. The lowest BCUT2D eigenvalue weighted by Crippen LogP contribution is -2.35. The van der Waals surface area contributed by atoms with Crippen LogP contribution in [-0.2, 0) is 4.79 Å². The number of amides is 1. The highest BCUT2D eigenvalue weighted by atomic mass is 35.5. The molecule has 2 N–H and O–H groups in total. The number of rotatable bonds is 8. The molecule has 0 aliphatic rings. The Morgan fingerprint density at radius 1 is 1.33 bits per heavy atom. The van der Waals surface area contributed by atoms with Crippen LogP contribution in [0.5, 0.6) is 0 Å². The first-order chi connectivity index (χ1) is 6.72. The average molecular weight is 255 g/mol. The van der Waals surface area contributed by atoms with Gasteiger partial charge >= 0.3 is 0 Å². The second-order valence-electron chi connectivity index (χ2n) is 3.40. The summed E-state index contributed by atoms with van der Waals surface area (Å²) < 4.78 is 0. The molecule has 0 saturated heterocycles. The minimum Gasteiger partial charge on any atom is -0.355 e. The lowest BCUT2D eigenvalue weighted by Gasteiger charge is -2.10. The molecule has 0 aromatic heterocycles. The number of thioether (sulfide) groups is 1. The first kappa shape index (κ1) is 17.5. The van der Waals surface area contributed by atoms with E-state index in [4.69, 9.17) is 0 Å². The van der Waals surface area contributed by atoms with Crippen LogP contribution in [0.15, 0.2) is 0 Å². The largest absolute Gasteiger partial charge is 0.355 e. The molecule has 3 nitrogen and oxygen atoms in total. The van der Waals surface area contributed by atoms with Crippen molar-refractivity contribution in [1.29, 1.82) is 0 Å². The first-order valence-electron chi connectivity index (χ1n) is 5.19. The second-order valence-corrected chi connectivity index (χ2v) is 4.31. The molecule has 0 aliphatic carbocycles. The van der Waals surface area contributed by atoms with Crippen molar-refractivity contribution in [2.24, 2.45) is 5.92 Å². The van der Waals surface area contributed by atoms with E-state index in [0.29, 0.717) is 0 Å². The third-order valence-corrected chi connectivity index (χ3v) is 2.73. The summed E-state index contributed by atoms with van der Waals surface area (Å²) in [6.07, 6.45) is 3.16.